The highest BCUT2D eigenvalue weighted by atomic mass is 16.4. The van der Waals surface area contributed by atoms with Crippen LogP contribution in [0.1, 0.15) is 18.0 Å². The van der Waals surface area contributed by atoms with Crippen LogP contribution in [0, 0.1) is 0 Å². The molecule has 2 unspecified atom stereocenters. The molecule has 3 nitrogen and oxygen atoms in total. The number of benzene rings is 1. The Morgan fingerprint density at radius 3 is 2.54 bits per heavy atom. The van der Waals surface area contributed by atoms with Gasteiger partial charge in [-0.25, -0.2) is 0 Å². The van der Waals surface area contributed by atoms with Crippen LogP contribution >= 0.6 is 0 Å². The molecular weight excluding hydrogens is 166 g/mol. The maximum absolute atomic E-state index is 10.5. The molecule has 1 aromatic rings. The van der Waals surface area contributed by atoms with Crippen LogP contribution in [-0.4, -0.2) is 17.1 Å². The van der Waals surface area contributed by atoms with Gasteiger partial charge in [0.1, 0.15) is 6.04 Å². The Morgan fingerprint density at radius 1 is 1.38 bits per heavy atom. The molecule has 0 radical (unpaired) electrons. The number of aliphatic carboxylic acids is 1. The van der Waals surface area contributed by atoms with Crippen LogP contribution in [0.3, 0.4) is 0 Å². The Labute approximate surface area is 76.4 Å². The van der Waals surface area contributed by atoms with Crippen molar-refractivity contribution in [3.63, 3.8) is 0 Å². The fraction of sp³-hybridized carbons (Fsp3) is 0.300. The quantitative estimate of drug-likeness (QED) is 0.713. The molecule has 2 rings (SSSR count). The number of carboxylic acid groups (broad SMARTS) is 1. The molecule has 68 valence electrons. The van der Waals surface area contributed by atoms with Crippen LogP contribution in [0.5, 0.6) is 0 Å². The van der Waals surface area contributed by atoms with Crippen molar-refractivity contribution in [3.8, 4) is 0 Å². The fourth-order valence-electron chi connectivity index (χ4n) is 1.54. The van der Waals surface area contributed by atoms with Gasteiger partial charge in [-0.2, -0.15) is 0 Å². The highest BCUT2D eigenvalue weighted by Crippen LogP contribution is 2.27. The second-order valence-corrected chi connectivity index (χ2v) is 3.26. The lowest BCUT2D eigenvalue weighted by molar-refractivity contribution is -0.142. The average molecular weight is 177 g/mol. The summed E-state index contributed by atoms with van der Waals surface area (Å²) < 4.78 is 0. The smallest absolute Gasteiger partial charge is 0.320 e. The van der Waals surface area contributed by atoms with Crippen LogP contribution < -0.4 is 5.32 Å². The Balaban J connectivity index is 1.98. The Morgan fingerprint density at radius 2 is 2.00 bits per heavy atom. The molecule has 1 saturated heterocycles. The van der Waals surface area contributed by atoms with Gasteiger partial charge in [0, 0.05) is 6.04 Å². The molecule has 0 spiro atoms. The largest absolute Gasteiger partial charge is 0.480 e. The second kappa shape index (κ2) is 3.18. The first-order valence-electron chi connectivity index (χ1n) is 4.31. The van der Waals surface area contributed by atoms with Gasteiger partial charge in [-0.1, -0.05) is 30.3 Å². The van der Waals surface area contributed by atoms with Crippen molar-refractivity contribution in [3.05, 3.63) is 35.9 Å². The van der Waals surface area contributed by atoms with Gasteiger partial charge in [0.25, 0.3) is 0 Å². The van der Waals surface area contributed by atoms with Gasteiger partial charge in [0.15, 0.2) is 0 Å². The van der Waals surface area contributed by atoms with E-state index in [-0.39, 0.29) is 12.1 Å². The number of nitrogens with one attached hydrogen (secondary N) is 1. The maximum Gasteiger partial charge on any atom is 0.320 e. The molecule has 1 aliphatic rings. The molecule has 2 N–H and O–H groups in total. The van der Waals surface area contributed by atoms with E-state index in [1.807, 2.05) is 30.3 Å². The van der Waals surface area contributed by atoms with Crippen molar-refractivity contribution in [2.75, 3.05) is 0 Å². The van der Waals surface area contributed by atoms with E-state index in [9.17, 15) is 4.79 Å². The van der Waals surface area contributed by atoms with Gasteiger partial charge in [-0.15, -0.1) is 0 Å². The minimum absolute atomic E-state index is 0.224. The molecule has 1 fully saturated rings. The number of carboxylic acids is 1. The van der Waals surface area contributed by atoms with Crippen LogP contribution in [0.15, 0.2) is 30.3 Å². The fourth-order valence-corrected chi connectivity index (χ4v) is 1.54. The van der Waals surface area contributed by atoms with Crippen molar-refractivity contribution in [2.45, 2.75) is 18.5 Å². The molecule has 13 heavy (non-hydrogen) atoms. The number of rotatable bonds is 2. The highest BCUT2D eigenvalue weighted by molar-refractivity contribution is 5.74. The third-order valence-corrected chi connectivity index (χ3v) is 2.37. The topological polar surface area (TPSA) is 49.3 Å². The maximum atomic E-state index is 10.5. The molecule has 0 aromatic heterocycles. The van der Waals surface area contributed by atoms with Crippen LogP contribution in [0.4, 0.5) is 0 Å². The number of hydrogen-bond donors (Lipinski definition) is 2. The van der Waals surface area contributed by atoms with E-state index in [4.69, 9.17) is 5.11 Å². The molecule has 3 heteroatoms. The zero-order valence-corrected chi connectivity index (χ0v) is 7.10. The van der Waals surface area contributed by atoms with E-state index >= 15 is 0 Å². The van der Waals surface area contributed by atoms with Crippen LogP contribution in [-0.2, 0) is 4.79 Å². The van der Waals surface area contributed by atoms with Gasteiger partial charge in [0.05, 0.1) is 0 Å². The summed E-state index contributed by atoms with van der Waals surface area (Å²) in [6, 6.07) is 9.77. The average Bonchev–Trinajstić information content (AvgIpc) is 2.02. The molecule has 0 bridgehead atoms. The summed E-state index contributed by atoms with van der Waals surface area (Å²) in [5.74, 6) is -0.757. The van der Waals surface area contributed by atoms with Crippen molar-refractivity contribution >= 4 is 5.97 Å². The predicted octanol–water partition coefficient (Wildman–Crippen LogP) is 1.17. The third-order valence-electron chi connectivity index (χ3n) is 2.37. The van der Waals surface area contributed by atoms with E-state index in [0.717, 1.165) is 0 Å². The molecule has 0 amide bonds. The Kier molecular flexibility index (Phi) is 2.02. The number of carbonyl (C=O) groups is 1. The molecule has 1 aromatic carbocycles. The summed E-state index contributed by atoms with van der Waals surface area (Å²) in [6.45, 7) is 0. The summed E-state index contributed by atoms with van der Waals surface area (Å²) in [6.07, 6.45) is 0.694. The van der Waals surface area contributed by atoms with E-state index in [1.54, 1.807) is 0 Å². The second-order valence-electron chi connectivity index (χ2n) is 3.26. The van der Waals surface area contributed by atoms with Crippen molar-refractivity contribution in [1.82, 2.24) is 5.32 Å². The molecular formula is C10H11NO2. The normalized spacial score (nSPS) is 26.5. The summed E-state index contributed by atoms with van der Waals surface area (Å²) in [4.78, 5) is 10.5. The molecule has 1 aliphatic heterocycles. The summed E-state index contributed by atoms with van der Waals surface area (Å²) in [5.41, 5.74) is 1.17. The SMILES string of the molecule is O=C(O)C1CC(c2ccccc2)N1. The minimum Gasteiger partial charge on any atom is -0.480 e. The van der Waals surface area contributed by atoms with Crippen molar-refractivity contribution < 1.29 is 9.90 Å². The van der Waals surface area contributed by atoms with Gasteiger partial charge in [0.2, 0.25) is 0 Å². The van der Waals surface area contributed by atoms with Crippen molar-refractivity contribution in [2.24, 2.45) is 0 Å². The molecule has 1 heterocycles. The van der Waals surface area contributed by atoms with Crippen LogP contribution in [0.2, 0.25) is 0 Å². The zero-order valence-electron chi connectivity index (χ0n) is 7.10. The van der Waals surface area contributed by atoms with E-state index in [0.29, 0.717) is 6.42 Å². The lowest BCUT2D eigenvalue weighted by Gasteiger charge is -2.34. The first-order valence-corrected chi connectivity index (χ1v) is 4.31. The van der Waals surface area contributed by atoms with Gasteiger partial charge >= 0.3 is 5.97 Å². The lowest BCUT2D eigenvalue weighted by Crippen LogP contribution is -2.50. The van der Waals surface area contributed by atoms with Gasteiger partial charge < -0.3 is 5.11 Å². The third kappa shape index (κ3) is 1.55. The van der Waals surface area contributed by atoms with Crippen molar-refractivity contribution in [1.29, 1.82) is 0 Å². The standard InChI is InChI=1S/C10H11NO2/c12-10(13)9-6-8(11-9)7-4-2-1-3-5-7/h1-5,8-9,11H,6H2,(H,12,13). The lowest BCUT2D eigenvalue weighted by atomic mass is 9.91. The van der Waals surface area contributed by atoms with Crippen LogP contribution in [0.25, 0.3) is 0 Å². The van der Waals surface area contributed by atoms with Gasteiger partial charge in [-0.3, -0.25) is 10.1 Å². The first-order chi connectivity index (χ1) is 6.27. The Hall–Kier alpha value is -1.35. The van der Waals surface area contributed by atoms with E-state index in [2.05, 4.69) is 5.32 Å². The molecule has 0 aliphatic carbocycles. The molecule has 0 saturated carbocycles. The van der Waals surface area contributed by atoms with Gasteiger partial charge in [-0.05, 0) is 12.0 Å². The van der Waals surface area contributed by atoms with E-state index in [1.165, 1.54) is 5.56 Å². The summed E-state index contributed by atoms with van der Waals surface area (Å²) in [5, 5.41) is 11.6. The molecule has 2 atom stereocenters. The predicted molar refractivity (Wildman–Crippen MR) is 48.4 cm³/mol. The number of hydrogen-bond acceptors (Lipinski definition) is 2. The monoisotopic (exact) mass is 177 g/mol. The van der Waals surface area contributed by atoms with E-state index < -0.39 is 5.97 Å². The summed E-state index contributed by atoms with van der Waals surface area (Å²) in [7, 11) is 0. The minimum atomic E-state index is -0.757. The highest BCUT2D eigenvalue weighted by Gasteiger charge is 2.33. The Bertz CT molecular complexity index is 304. The zero-order chi connectivity index (χ0) is 9.26. The summed E-state index contributed by atoms with van der Waals surface area (Å²) >= 11 is 0. The first kappa shape index (κ1) is 8.26.